The average Bonchev–Trinajstić information content (AvgIpc) is 3.55. The lowest BCUT2D eigenvalue weighted by molar-refractivity contribution is -0.371. The molecule has 0 amide bonds. The zero-order valence-corrected chi connectivity index (χ0v) is 46.5. The minimum Gasteiger partial charge on any atom is -0.459 e. The average molecular weight is 1090 g/mol. The molecular formula is C60H87NO17. The molecule has 16 aliphatic rings. The first-order valence-corrected chi connectivity index (χ1v) is 30.7. The van der Waals surface area contributed by atoms with Crippen LogP contribution in [0.15, 0.2) is 24.3 Å². The van der Waals surface area contributed by atoms with Gasteiger partial charge in [-0.3, -0.25) is 4.79 Å². The molecule has 3 N–H and O–H groups in total. The molecule has 3 spiro atoms. The second-order valence-corrected chi connectivity index (χ2v) is 27.7. The zero-order chi connectivity index (χ0) is 53.4. The maximum Gasteiger partial charge on any atom is 0.308 e. The molecule has 0 aromatic carbocycles. The van der Waals surface area contributed by atoms with Crippen LogP contribution in [0.5, 0.6) is 0 Å². The Balaban J connectivity index is 0.667. The van der Waals surface area contributed by atoms with Gasteiger partial charge in [-0.25, -0.2) is 0 Å². The van der Waals surface area contributed by atoms with Crippen molar-refractivity contribution in [2.75, 3.05) is 6.54 Å². The van der Waals surface area contributed by atoms with Gasteiger partial charge in [0, 0.05) is 63.7 Å². The molecule has 16 fully saturated rings. The van der Waals surface area contributed by atoms with Gasteiger partial charge in [-0.05, 0) is 93.7 Å². The molecule has 18 heteroatoms. The summed E-state index contributed by atoms with van der Waals surface area (Å²) >= 11 is 0. The van der Waals surface area contributed by atoms with E-state index >= 15 is 0 Å². The third kappa shape index (κ3) is 8.86. The van der Waals surface area contributed by atoms with Crippen molar-refractivity contribution in [1.29, 1.82) is 0 Å². The summed E-state index contributed by atoms with van der Waals surface area (Å²) in [5, 5.41) is 11.0. The van der Waals surface area contributed by atoms with E-state index < -0.39 is 59.6 Å². The zero-order valence-electron chi connectivity index (χ0n) is 46.5. The number of hydrogen-bond donors (Lipinski definition) is 2. The summed E-state index contributed by atoms with van der Waals surface area (Å²) in [7, 11) is 0. The number of carbonyl (C=O) groups is 1. The maximum absolute atomic E-state index is 14.6. The topological polar surface area (TPSA) is 202 Å². The highest BCUT2D eigenvalue weighted by molar-refractivity contribution is 5.70. The van der Waals surface area contributed by atoms with E-state index in [1.807, 2.05) is 0 Å². The van der Waals surface area contributed by atoms with E-state index in [2.05, 4.69) is 47.8 Å². The van der Waals surface area contributed by atoms with Crippen molar-refractivity contribution < 1.29 is 81.0 Å². The standard InChI is InChI=1S/C60H87NO17/c1-27-16-33-8-10-37-28(2)17-35(64-37)12-14-58-26-57(7)56(78-58)55-54(75-57)53(77-58)52-39(69-55)11-9-34(66-52)18-47(63)71-51-32(6)50-43(67-42(51)20-40(65-33)31(27)5)21-41-45(70-50)24-60(72-41)25-46-49(76-60)30(4)23-59(74-46)22-29(3)48-44(73-59)19-36(62)38(68-48)13-15-61/h27,29-30,32-46,48-56,62H,2,5,8-26,61H2,1,3-4,6-7H3. The number of carbonyl (C=O) groups excluding carboxylic acids is 1. The van der Waals surface area contributed by atoms with Crippen LogP contribution in [0, 0.1) is 23.7 Å². The fourth-order valence-electron chi connectivity index (χ4n) is 18.5. The first-order valence-electron chi connectivity index (χ1n) is 30.7. The van der Waals surface area contributed by atoms with Gasteiger partial charge in [0.15, 0.2) is 17.4 Å². The summed E-state index contributed by atoms with van der Waals surface area (Å²) in [4.78, 5) is 14.6. The van der Waals surface area contributed by atoms with Crippen LogP contribution in [-0.2, 0) is 75.8 Å². The van der Waals surface area contributed by atoms with Crippen molar-refractivity contribution in [1.82, 2.24) is 0 Å². The second kappa shape index (κ2) is 19.4. The number of esters is 1. The van der Waals surface area contributed by atoms with Gasteiger partial charge in [-0.1, -0.05) is 40.9 Å². The molecule has 16 heterocycles. The molecular weight excluding hydrogens is 1010 g/mol. The Morgan fingerprint density at radius 2 is 1.26 bits per heavy atom. The molecule has 31 atom stereocenters. The van der Waals surface area contributed by atoms with Crippen LogP contribution in [0.1, 0.15) is 150 Å². The van der Waals surface area contributed by atoms with Gasteiger partial charge in [0.1, 0.15) is 42.2 Å². The van der Waals surface area contributed by atoms with Gasteiger partial charge in [0.25, 0.3) is 0 Å². The smallest absolute Gasteiger partial charge is 0.308 e. The molecule has 78 heavy (non-hydrogen) atoms. The molecule has 16 aliphatic heterocycles. The third-order valence-electron chi connectivity index (χ3n) is 22.0. The highest BCUT2D eigenvalue weighted by Gasteiger charge is 2.73. The Morgan fingerprint density at radius 1 is 0.551 bits per heavy atom. The van der Waals surface area contributed by atoms with Crippen molar-refractivity contribution in [3.63, 3.8) is 0 Å². The molecule has 0 aromatic rings. The van der Waals surface area contributed by atoms with Crippen molar-refractivity contribution >= 4 is 5.97 Å². The molecule has 16 saturated heterocycles. The summed E-state index contributed by atoms with van der Waals surface area (Å²) < 4.78 is 104. The predicted molar refractivity (Wildman–Crippen MR) is 274 cm³/mol. The minimum absolute atomic E-state index is 0.0105. The fourth-order valence-corrected chi connectivity index (χ4v) is 18.5. The molecule has 18 nitrogen and oxygen atoms in total. The van der Waals surface area contributed by atoms with E-state index in [4.69, 9.17) is 76.8 Å². The Labute approximate surface area is 459 Å². The molecule has 0 aliphatic carbocycles. The first-order chi connectivity index (χ1) is 37.4. The summed E-state index contributed by atoms with van der Waals surface area (Å²) in [6.07, 6.45) is 4.71. The molecule has 0 saturated carbocycles. The molecule has 0 radical (unpaired) electrons. The number of aliphatic hydroxyl groups is 1. The van der Waals surface area contributed by atoms with Gasteiger partial charge >= 0.3 is 5.97 Å². The number of ether oxygens (including phenoxy) is 15. The van der Waals surface area contributed by atoms with Crippen LogP contribution in [0.4, 0.5) is 0 Å². The maximum atomic E-state index is 14.6. The quantitative estimate of drug-likeness (QED) is 0.244. The Bertz CT molecular complexity index is 2340. The van der Waals surface area contributed by atoms with Gasteiger partial charge in [0.05, 0.1) is 110 Å². The predicted octanol–water partition coefficient (Wildman–Crippen LogP) is 5.92. The molecule has 434 valence electrons. The lowest BCUT2D eigenvalue weighted by Crippen LogP contribution is -2.62. The Kier molecular flexibility index (Phi) is 13.2. The van der Waals surface area contributed by atoms with E-state index in [0.29, 0.717) is 77.2 Å². The number of rotatable bonds is 2. The van der Waals surface area contributed by atoms with Crippen LogP contribution in [0.3, 0.4) is 0 Å². The van der Waals surface area contributed by atoms with Crippen molar-refractivity contribution in [2.45, 2.75) is 314 Å². The number of nitrogens with two attached hydrogens (primary N) is 1. The number of hydrogen-bond acceptors (Lipinski definition) is 18. The highest BCUT2D eigenvalue weighted by atomic mass is 16.8. The van der Waals surface area contributed by atoms with Crippen LogP contribution in [-0.4, -0.2) is 181 Å². The lowest BCUT2D eigenvalue weighted by Gasteiger charge is -2.54. The van der Waals surface area contributed by atoms with Crippen LogP contribution >= 0.6 is 0 Å². The van der Waals surface area contributed by atoms with Gasteiger partial charge in [-0.2, -0.15) is 0 Å². The molecule has 12 bridgehead atoms. The van der Waals surface area contributed by atoms with Gasteiger partial charge in [-0.15, -0.1) is 0 Å². The van der Waals surface area contributed by atoms with E-state index in [9.17, 15) is 9.90 Å². The summed E-state index contributed by atoms with van der Waals surface area (Å²) in [5.74, 6) is -2.60. The van der Waals surface area contributed by atoms with E-state index in [0.717, 1.165) is 49.7 Å². The Morgan fingerprint density at radius 3 is 2.10 bits per heavy atom. The van der Waals surface area contributed by atoms with E-state index in [1.165, 1.54) is 0 Å². The summed E-state index contributed by atoms with van der Waals surface area (Å²) in [5.41, 5.74) is 7.50. The normalized spacial score (nSPS) is 59.0. The molecule has 16 rings (SSSR count). The molecule has 0 aromatic heterocycles. The van der Waals surface area contributed by atoms with Crippen LogP contribution in [0.25, 0.3) is 0 Å². The largest absolute Gasteiger partial charge is 0.459 e. The number of aliphatic hydroxyl groups excluding tert-OH is 1. The fraction of sp³-hybridized carbons (Fsp3) is 0.917. The van der Waals surface area contributed by atoms with E-state index in [1.54, 1.807) is 0 Å². The lowest BCUT2D eigenvalue weighted by atomic mass is 9.78. The van der Waals surface area contributed by atoms with Crippen molar-refractivity contribution in [2.24, 2.45) is 29.4 Å². The highest BCUT2D eigenvalue weighted by Crippen LogP contribution is 2.60. The van der Waals surface area contributed by atoms with Crippen molar-refractivity contribution in [3.05, 3.63) is 24.3 Å². The minimum atomic E-state index is -0.898. The monoisotopic (exact) mass is 1090 g/mol. The first kappa shape index (κ1) is 53.1. The van der Waals surface area contributed by atoms with Gasteiger partial charge < -0.3 is 81.9 Å². The van der Waals surface area contributed by atoms with Crippen LogP contribution < -0.4 is 5.73 Å². The van der Waals surface area contributed by atoms with Crippen molar-refractivity contribution in [3.8, 4) is 0 Å². The SMILES string of the molecule is C=C1CC2CCC34CC5(C)OC6C(O3)C3OC(CCC3OC6C5O4)CC(=O)OC3C(CC4OC(CCC1O2)CC(C)C4=C)OC1CC2OC4(CC2OC1C3C)CC1OC2(CC(C)C3OC(CCN)C(O)CC3O2)CC(C)C1O4. The third-order valence-corrected chi connectivity index (χ3v) is 22.0. The van der Waals surface area contributed by atoms with E-state index in [-0.39, 0.29) is 140 Å². The van der Waals surface area contributed by atoms with Gasteiger partial charge in [0.2, 0.25) is 0 Å². The summed E-state index contributed by atoms with van der Waals surface area (Å²) in [6, 6.07) is 0. The summed E-state index contributed by atoms with van der Waals surface area (Å²) in [6.45, 7) is 20.6. The van der Waals surface area contributed by atoms with Crippen LogP contribution in [0.2, 0.25) is 0 Å². The Hall–Kier alpha value is -1.69. The number of fused-ring (bicyclic) bond motifs is 10. The molecule has 31 unspecified atom stereocenters. The second-order valence-electron chi connectivity index (χ2n) is 27.7.